The number of methoxy groups -OCH3 is 1. The van der Waals surface area contributed by atoms with E-state index in [1.807, 2.05) is 24.3 Å². The Labute approximate surface area is 117 Å². The first kappa shape index (κ1) is 14.2. The molecule has 2 amide bonds. The molecule has 1 aliphatic carbocycles. The minimum absolute atomic E-state index is 0.437. The Morgan fingerprint density at radius 1 is 1.40 bits per heavy atom. The Balaban J connectivity index is 1.75. The van der Waals surface area contributed by atoms with Crippen LogP contribution in [-0.4, -0.2) is 36.3 Å². The van der Waals surface area contributed by atoms with E-state index in [-0.39, 0.29) is 0 Å². The summed E-state index contributed by atoms with van der Waals surface area (Å²) in [7, 11) is 1.60. The highest BCUT2D eigenvalue weighted by atomic mass is 16.5. The van der Waals surface area contributed by atoms with Crippen molar-refractivity contribution in [3.05, 3.63) is 29.8 Å². The predicted octanol–water partition coefficient (Wildman–Crippen LogP) is 1.15. The largest absolute Gasteiger partial charge is 0.497 e. The maximum absolute atomic E-state index is 11.6. The summed E-state index contributed by atoms with van der Waals surface area (Å²) in [4.78, 5) is 22.5. The molecule has 0 aromatic heterocycles. The van der Waals surface area contributed by atoms with Gasteiger partial charge in [-0.15, -0.1) is 0 Å². The van der Waals surface area contributed by atoms with Crippen molar-refractivity contribution >= 4 is 12.0 Å². The molecule has 6 nitrogen and oxygen atoms in total. The van der Waals surface area contributed by atoms with E-state index in [0.29, 0.717) is 25.8 Å². The molecule has 0 bridgehead atoms. The molecule has 0 unspecified atom stereocenters. The van der Waals surface area contributed by atoms with E-state index in [4.69, 9.17) is 9.84 Å². The van der Waals surface area contributed by atoms with Gasteiger partial charge in [0, 0.05) is 6.54 Å². The number of carbonyl (C=O) groups excluding carboxylic acids is 1. The number of amides is 2. The lowest BCUT2D eigenvalue weighted by Crippen LogP contribution is -2.48. The molecule has 108 valence electrons. The van der Waals surface area contributed by atoms with Gasteiger partial charge in [-0.25, -0.2) is 9.59 Å². The Morgan fingerprint density at radius 3 is 2.75 bits per heavy atom. The highest BCUT2D eigenvalue weighted by Gasteiger charge is 2.51. The maximum atomic E-state index is 11.6. The topological polar surface area (TPSA) is 87.7 Å². The van der Waals surface area contributed by atoms with Gasteiger partial charge >= 0.3 is 12.0 Å². The smallest absolute Gasteiger partial charge is 0.329 e. The fourth-order valence-electron chi connectivity index (χ4n) is 1.93. The van der Waals surface area contributed by atoms with Crippen LogP contribution in [0.1, 0.15) is 18.4 Å². The second-order valence-corrected chi connectivity index (χ2v) is 4.87. The highest BCUT2D eigenvalue weighted by Crippen LogP contribution is 2.35. The normalized spacial score (nSPS) is 15.2. The summed E-state index contributed by atoms with van der Waals surface area (Å²) < 4.78 is 5.12. The third kappa shape index (κ3) is 3.40. The molecular weight excluding hydrogens is 260 g/mol. The zero-order chi connectivity index (χ0) is 14.6. The van der Waals surface area contributed by atoms with E-state index in [1.165, 1.54) is 0 Å². The Bertz CT molecular complexity index is 512. The number of nitrogens with one attached hydrogen (secondary N) is 2. The van der Waals surface area contributed by atoms with Crippen LogP contribution >= 0.6 is 0 Å². The molecule has 20 heavy (non-hydrogen) atoms. The minimum Gasteiger partial charge on any atom is -0.497 e. The highest BCUT2D eigenvalue weighted by molar-refractivity contribution is 5.88. The summed E-state index contributed by atoms with van der Waals surface area (Å²) in [6.07, 6.45) is 1.64. The number of carboxylic acids is 1. The summed E-state index contributed by atoms with van der Waals surface area (Å²) >= 11 is 0. The average molecular weight is 278 g/mol. The van der Waals surface area contributed by atoms with E-state index in [0.717, 1.165) is 11.3 Å². The van der Waals surface area contributed by atoms with Gasteiger partial charge in [-0.1, -0.05) is 12.1 Å². The lowest BCUT2D eigenvalue weighted by molar-refractivity contribution is -0.140. The number of aliphatic carboxylic acids is 1. The quantitative estimate of drug-likeness (QED) is 0.728. The van der Waals surface area contributed by atoms with Crippen molar-refractivity contribution in [3.63, 3.8) is 0 Å². The number of urea groups is 1. The molecule has 0 aliphatic heterocycles. The number of hydrogen-bond acceptors (Lipinski definition) is 3. The first-order valence-electron chi connectivity index (χ1n) is 6.48. The van der Waals surface area contributed by atoms with Gasteiger partial charge in [0.05, 0.1) is 7.11 Å². The van der Waals surface area contributed by atoms with E-state index in [2.05, 4.69) is 10.6 Å². The van der Waals surface area contributed by atoms with E-state index in [1.54, 1.807) is 7.11 Å². The van der Waals surface area contributed by atoms with Crippen LogP contribution in [0.5, 0.6) is 5.75 Å². The van der Waals surface area contributed by atoms with E-state index in [9.17, 15) is 9.59 Å². The zero-order valence-corrected chi connectivity index (χ0v) is 11.3. The van der Waals surface area contributed by atoms with Crippen LogP contribution in [-0.2, 0) is 11.2 Å². The second-order valence-electron chi connectivity index (χ2n) is 4.87. The monoisotopic (exact) mass is 278 g/mol. The number of carbonyl (C=O) groups is 2. The van der Waals surface area contributed by atoms with Gasteiger partial charge in [0.1, 0.15) is 11.3 Å². The maximum Gasteiger partial charge on any atom is 0.329 e. The SMILES string of the molecule is COc1cccc(CCNC(=O)NC2(C(=O)O)CC2)c1. The summed E-state index contributed by atoms with van der Waals surface area (Å²) in [5, 5.41) is 14.1. The lowest BCUT2D eigenvalue weighted by Gasteiger charge is -2.13. The van der Waals surface area contributed by atoms with Gasteiger partial charge in [0.2, 0.25) is 0 Å². The van der Waals surface area contributed by atoms with Crippen molar-refractivity contribution < 1.29 is 19.4 Å². The molecule has 6 heteroatoms. The third-order valence-corrected chi connectivity index (χ3v) is 3.35. The van der Waals surface area contributed by atoms with E-state index >= 15 is 0 Å². The minimum atomic E-state index is -1.04. The van der Waals surface area contributed by atoms with Crippen LogP contribution in [0, 0.1) is 0 Å². The first-order chi connectivity index (χ1) is 9.55. The molecule has 1 aromatic rings. The van der Waals surface area contributed by atoms with Gasteiger partial charge in [0.15, 0.2) is 0 Å². The second kappa shape index (κ2) is 5.81. The van der Waals surface area contributed by atoms with Crippen molar-refractivity contribution in [2.75, 3.05) is 13.7 Å². The molecule has 2 rings (SSSR count). The molecule has 0 atom stereocenters. The molecule has 1 fully saturated rings. The fourth-order valence-corrected chi connectivity index (χ4v) is 1.93. The van der Waals surface area contributed by atoms with Crippen LogP contribution in [0.15, 0.2) is 24.3 Å². The number of ether oxygens (including phenoxy) is 1. The van der Waals surface area contributed by atoms with Crippen LogP contribution in [0.3, 0.4) is 0 Å². The average Bonchev–Trinajstić information content (AvgIpc) is 3.20. The lowest BCUT2D eigenvalue weighted by atomic mass is 10.1. The van der Waals surface area contributed by atoms with Crippen molar-refractivity contribution in [3.8, 4) is 5.75 Å². The van der Waals surface area contributed by atoms with Gasteiger partial charge in [-0.3, -0.25) is 0 Å². The Morgan fingerprint density at radius 2 is 2.15 bits per heavy atom. The summed E-state index contributed by atoms with van der Waals surface area (Å²) in [5.74, 6) is -0.199. The van der Waals surface area contributed by atoms with Crippen molar-refractivity contribution in [1.82, 2.24) is 10.6 Å². The van der Waals surface area contributed by atoms with Gasteiger partial charge < -0.3 is 20.5 Å². The van der Waals surface area contributed by atoms with E-state index < -0.39 is 17.5 Å². The molecule has 1 aliphatic rings. The van der Waals surface area contributed by atoms with Gasteiger partial charge in [0.25, 0.3) is 0 Å². The first-order valence-corrected chi connectivity index (χ1v) is 6.48. The molecule has 0 heterocycles. The Kier molecular flexibility index (Phi) is 4.12. The van der Waals surface area contributed by atoms with Crippen LogP contribution in [0.4, 0.5) is 4.79 Å². The Hall–Kier alpha value is -2.24. The number of hydrogen-bond donors (Lipinski definition) is 3. The summed E-state index contributed by atoms with van der Waals surface area (Å²) in [5.41, 5.74) is 0.00377. The molecule has 1 saturated carbocycles. The van der Waals surface area contributed by atoms with Crippen molar-refractivity contribution in [2.24, 2.45) is 0 Å². The molecule has 0 radical (unpaired) electrons. The molecular formula is C14H18N2O4. The van der Waals surface area contributed by atoms with Crippen LogP contribution in [0.25, 0.3) is 0 Å². The standard InChI is InChI=1S/C14H18N2O4/c1-20-11-4-2-3-10(9-11)5-8-15-13(19)16-14(6-7-14)12(17)18/h2-4,9H,5-8H2,1H3,(H,17,18)(H2,15,16,19). The van der Waals surface area contributed by atoms with Gasteiger partial charge in [-0.2, -0.15) is 0 Å². The predicted molar refractivity (Wildman–Crippen MR) is 72.8 cm³/mol. The van der Waals surface area contributed by atoms with Crippen LogP contribution in [0.2, 0.25) is 0 Å². The van der Waals surface area contributed by atoms with Gasteiger partial charge in [-0.05, 0) is 37.0 Å². The molecule has 3 N–H and O–H groups in total. The molecule has 0 saturated heterocycles. The number of carboxylic acid groups (broad SMARTS) is 1. The number of benzene rings is 1. The number of rotatable bonds is 6. The van der Waals surface area contributed by atoms with Crippen molar-refractivity contribution in [2.45, 2.75) is 24.8 Å². The zero-order valence-electron chi connectivity index (χ0n) is 11.3. The molecule has 1 aromatic carbocycles. The summed E-state index contributed by atoms with van der Waals surface area (Å²) in [6, 6.07) is 7.15. The third-order valence-electron chi connectivity index (χ3n) is 3.35. The fraction of sp³-hybridized carbons (Fsp3) is 0.429. The van der Waals surface area contributed by atoms with Crippen molar-refractivity contribution in [1.29, 1.82) is 0 Å². The summed E-state index contributed by atoms with van der Waals surface area (Å²) in [6.45, 7) is 0.439. The van der Waals surface area contributed by atoms with Crippen LogP contribution < -0.4 is 15.4 Å². The molecule has 0 spiro atoms.